The van der Waals surface area contributed by atoms with E-state index in [4.69, 9.17) is 10.5 Å². The van der Waals surface area contributed by atoms with Gasteiger partial charge < -0.3 is 15.4 Å². The molecule has 0 aliphatic carbocycles. The Labute approximate surface area is 114 Å². The van der Waals surface area contributed by atoms with Crippen LogP contribution in [0.3, 0.4) is 0 Å². The van der Waals surface area contributed by atoms with Crippen LogP contribution in [0.2, 0.25) is 0 Å². The fourth-order valence-corrected chi connectivity index (χ4v) is 2.43. The van der Waals surface area contributed by atoms with Crippen LogP contribution in [-0.4, -0.2) is 30.5 Å². The maximum atomic E-state index is 12.0. The lowest BCUT2D eigenvalue weighted by atomic mass is 10.0. The third-order valence-corrected chi connectivity index (χ3v) is 3.45. The van der Waals surface area contributed by atoms with Crippen molar-refractivity contribution in [3.63, 3.8) is 0 Å². The molecule has 1 aliphatic rings. The topological polar surface area (TPSA) is 55.6 Å². The van der Waals surface area contributed by atoms with Crippen LogP contribution < -0.4 is 10.5 Å². The number of nitrogen functional groups attached to an aromatic ring is 1. The van der Waals surface area contributed by atoms with Crippen LogP contribution >= 0.6 is 0 Å². The second-order valence-electron chi connectivity index (χ2n) is 5.26. The molecule has 1 heterocycles. The summed E-state index contributed by atoms with van der Waals surface area (Å²) in [4.78, 5) is 14.0. The smallest absolute Gasteiger partial charge is 0.226 e. The minimum Gasteiger partial charge on any atom is -0.493 e. The lowest BCUT2D eigenvalue weighted by molar-refractivity contribution is -0.133. The average molecular weight is 262 g/mol. The van der Waals surface area contributed by atoms with Crippen LogP contribution in [0.25, 0.3) is 0 Å². The summed E-state index contributed by atoms with van der Waals surface area (Å²) in [5.41, 5.74) is 6.34. The fraction of sp³-hybridized carbons (Fsp3) is 0.533. The third kappa shape index (κ3) is 4.16. The van der Waals surface area contributed by atoms with E-state index in [1.807, 2.05) is 23.1 Å². The molecular weight excluding hydrogens is 240 g/mol. The highest BCUT2D eigenvalue weighted by atomic mass is 16.5. The summed E-state index contributed by atoms with van der Waals surface area (Å²) in [6, 6.07) is 7.28. The van der Waals surface area contributed by atoms with Crippen LogP contribution in [0.5, 0.6) is 5.75 Å². The lowest BCUT2D eigenvalue weighted by Crippen LogP contribution is -2.39. The minimum absolute atomic E-state index is 0.190. The molecule has 0 saturated carbocycles. The van der Waals surface area contributed by atoms with Gasteiger partial charge in [-0.15, -0.1) is 0 Å². The Balaban J connectivity index is 1.74. The SMILES string of the molecule is CC1CCCN(C(=O)CCOc2cccc(N)c2)C1. The summed E-state index contributed by atoms with van der Waals surface area (Å²) in [6.45, 7) is 4.38. The van der Waals surface area contributed by atoms with Gasteiger partial charge >= 0.3 is 0 Å². The van der Waals surface area contributed by atoms with E-state index in [0.717, 1.165) is 25.3 Å². The van der Waals surface area contributed by atoms with Gasteiger partial charge in [0.1, 0.15) is 5.75 Å². The van der Waals surface area contributed by atoms with E-state index < -0.39 is 0 Å². The minimum atomic E-state index is 0.190. The Morgan fingerprint density at radius 3 is 3.11 bits per heavy atom. The highest BCUT2D eigenvalue weighted by molar-refractivity contribution is 5.76. The predicted molar refractivity (Wildman–Crippen MR) is 75.9 cm³/mol. The summed E-state index contributed by atoms with van der Waals surface area (Å²) in [5.74, 6) is 1.53. The monoisotopic (exact) mass is 262 g/mol. The Kier molecular flexibility index (Phi) is 4.66. The molecule has 1 atom stereocenters. The number of carbonyl (C=O) groups is 1. The maximum absolute atomic E-state index is 12.0. The van der Waals surface area contributed by atoms with Gasteiger partial charge in [-0.05, 0) is 30.9 Å². The van der Waals surface area contributed by atoms with Gasteiger partial charge in [-0.25, -0.2) is 0 Å². The number of benzene rings is 1. The van der Waals surface area contributed by atoms with Crippen molar-refractivity contribution < 1.29 is 9.53 Å². The summed E-state index contributed by atoms with van der Waals surface area (Å²) in [5, 5.41) is 0. The van der Waals surface area contributed by atoms with Crippen molar-refractivity contribution in [3.8, 4) is 5.75 Å². The lowest BCUT2D eigenvalue weighted by Gasteiger charge is -2.31. The summed E-state index contributed by atoms with van der Waals surface area (Å²) < 4.78 is 5.55. The molecule has 4 nitrogen and oxygen atoms in total. The molecule has 104 valence electrons. The van der Waals surface area contributed by atoms with Gasteiger partial charge in [0.05, 0.1) is 13.0 Å². The number of rotatable bonds is 4. The molecule has 0 radical (unpaired) electrons. The van der Waals surface area contributed by atoms with E-state index in [1.165, 1.54) is 6.42 Å². The number of nitrogens with two attached hydrogens (primary N) is 1. The molecule has 0 bridgehead atoms. The predicted octanol–water partition coefficient (Wildman–Crippen LogP) is 2.30. The molecule has 1 aliphatic heterocycles. The number of hydrogen-bond acceptors (Lipinski definition) is 3. The Morgan fingerprint density at radius 2 is 2.37 bits per heavy atom. The van der Waals surface area contributed by atoms with Crippen LogP contribution in [-0.2, 0) is 4.79 Å². The van der Waals surface area contributed by atoms with E-state index in [2.05, 4.69) is 6.92 Å². The van der Waals surface area contributed by atoms with Crippen molar-refractivity contribution in [3.05, 3.63) is 24.3 Å². The number of carbonyl (C=O) groups excluding carboxylic acids is 1. The van der Waals surface area contributed by atoms with Crippen LogP contribution in [0.4, 0.5) is 5.69 Å². The van der Waals surface area contributed by atoms with Gasteiger partial charge in [-0.1, -0.05) is 13.0 Å². The molecule has 1 amide bonds. The Bertz CT molecular complexity index is 434. The molecule has 0 aromatic heterocycles. The number of likely N-dealkylation sites (tertiary alicyclic amines) is 1. The second-order valence-corrected chi connectivity index (χ2v) is 5.26. The number of hydrogen-bond donors (Lipinski definition) is 1. The van der Waals surface area contributed by atoms with E-state index in [-0.39, 0.29) is 5.91 Å². The number of nitrogens with zero attached hydrogens (tertiary/aromatic N) is 1. The summed E-state index contributed by atoms with van der Waals surface area (Å²) >= 11 is 0. The molecular formula is C15H22N2O2. The summed E-state index contributed by atoms with van der Waals surface area (Å²) in [7, 11) is 0. The first-order valence-electron chi connectivity index (χ1n) is 6.91. The highest BCUT2D eigenvalue weighted by Gasteiger charge is 2.20. The zero-order chi connectivity index (χ0) is 13.7. The molecule has 19 heavy (non-hydrogen) atoms. The number of anilines is 1. The van der Waals surface area contributed by atoms with Gasteiger partial charge in [0, 0.05) is 24.8 Å². The highest BCUT2D eigenvalue weighted by Crippen LogP contribution is 2.17. The zero-order valence-corrected chi connectivity index (χ0v) is 11.5. The third-order valence-electron chi connectivity index (χ3n) is 3.45. The molecule has 1 saturated heterocycles. The largest absolute Gasteiger partial charge is 0.493 e. The average Bonchev–Trinajstić information content (AvgIpc) is 2.38. The summed E-state index contributed by atoms with van der Waals surface area (Å²) in [6.07, 6.45) is 2.77. The first-order chi connectivity index (χ1) is 9.15. The van der Waals surface area contributed by atoms with Crippen molar-refractivity contribution in [2.45, 2.75) is 26.2 Å². The molecule has 1 aromatic carbocycles. The van der Waals surface area contributed by atoms with Gasteiger partial charge in [0.25, 0.3) is 0 Å². The number of piperidine rings is 1. The van der Waals surface area contributed by atoms with E-state index >= 15 is 0 Å². The molecule has 1 fully saturated rings. The normalized spacial score (nSPS) is 19.2. The van der Waals surface area contributed by atoms with Gasteiger partial charge in [0.15, 0.2) is 0 Å². The van der Waals surface area contributed by atoms with Crippen molar-refractivity contribution >= 4 is 11.6 Å². The first kappa shape index (κ1) is 13.7. The molecule has 1 aromatic rings. The number of ether oxygens (including phenoxy) is 1. The fourth-order valence-electron chi connectivity index (χ4n) is 2.43. The molecule has 0 spiro atoms. The second kappa shape index (κ2) is 6.45. The number of amides is 1. The maximum Gasteiger partial charge on any atom is 0.226 e. The van der Waals surface area contributed by atoms with Crippen molar-refractivity contribution in [2.75, 3.05) is 25.4 Å². The first-order valence-corrected chi connectivity index (χ1v) is 6.91. The van der Waals surface area contributed by atoms with Crippen LogP contribution in [0.1, 0.15) is 26.2 Å². The van der Waals surface area contributed by atoms with Crippen molar-refractivity contribution in [2.24, 2.45) is 5.92 Å². The van der Waals surface area contributed by atoms with Crippen molar-refractivity contribution in [1.29, 1.82) is 0 Å². The standard InChI is InChI=1S/C15H22N2O2/c1-12-4-3-8-17(11-12)15(18)7-9-19-14-6-2-5-13(16)10-14/h2,5-6,10,12H,3-4,7-9,11,16H2,1H3. The molecule has 1 unspecified atom stereocenters. The van der Waals surface area contributed by atoms with E-state index in [0.29, 0.717) is 24.6 Å². The van der Waals surface area contributed by atoms with Gasteiger partial charge in [-0.3, -0.25) is 4.79 Å². The van der Waals surface area contributed by atoms with Crippen molar-refractivity contribution in [1.82, 2.24) is 4.90 Å². The van der Waals surface area contributed by atoms with Gasteiger partial charge in [0.2, 0.25) is 5.91 Å². The van der Waals surface area contributed by atoms with Gasteiger partial charge in [-0.2, -0.15) is 0 Å². The van der Waals surface area contributed by atoms with Crippen LogP contribution in [0, 0.1) is 5.92 Å². The molecule has 4 heteroatoms. The molecule has 2 rings (SSSR count). The Morgan fingerprint density at radius 1 is 1.53 bits per heavy atom. The van der Waals surface area contributed by atoms with Crippen LogP contribution in [0.15, 0.2) is 24.3 Å². The van der Waals surface area contributed by atoms with E-state index in [1.54, 1.807) is 6.07 Å². The Hall–Kier alpha value is -1.71. The van der Waals surface area contributed by atoms with E-state index in [9.17, 15) is 4.79 Å². The molecule has 2 N–H and O–H groups in total. The quantitative estimate of drug-likeness (QED) is 0.847. The zero-order valence-electron chi connectivity index (χ0n) is 11.5.